The Kier molecular flexibility index (Phi) is 3.60. The van der Waals surface area contributed by atoms with Gasteiger partial charge >= 0.3 is 0 Å². The van der Waals surface area contributed by atoms with Crippen molar-refractivity contribution in [2.75, 3.05) is 20.1 Å². The first-order valence-electron chi connectivity index (χ1n) is 8.43. The molecule has 0 aliphatic carbocycles. The Morgan fingerprint density at radius 3 is 2.91 bits per heavy atom. The average Bonchev–Trinajstić information content (AvgIpc) is 3.09. The molecule has 0 saturated carbocycles. The van der Waals surface area contributed by atoms with E-state index in [4.69, 9.17) is 0 Å². The molecular formula is C18H22FN3O. The van der Waals surface area contributed by atoms with Crippen LogP contribution in [0.25, 0.3) is 10.9 Å². The zero-order valence-corrected chi connectivity index (χ0v) is 13.4. The van der Waals surface area contributed by atoms with Gasteiger partial charge in [-0.25, -0.2) is 4.39 Å². The molecule has 2 saturated heterocycles. The van der Waals surface area contributed by atoms with Crippen molar-refractivity contribution in [3.05, 3.63) is 35.8 Å². The topological polar surface area (TPSA) is 39.3 Å². The zero-order valence-electron chi connectivity index (χ0n) is 13.4. The number of likely N-dealkylation sites (N-methyl/N-ethyl adjacent to an activating group) is 1. The van der Waals surface area contributed by atoms with E-state index in [0.717, 1.165) is 36.8 Å². The Hall–Kier alpha value is -1.88. The van der Waals surface area contributed by atoms with Crippen molar-refractivity contribution in [1.29, 1.82) is 0 Å². The monoisotopic (exact) mass is 315 g/mol. The molecule has 23 heavy (non-hydrogen) atoms. The van der Waals surface area contributed by atoms with Crippen LogP contribution in [0, 0.1) is 5.82 Å². The molecule has 1 aromatic heterocycles. The highest BCUT2D eigenvalue weighted by molar-refractivity contribution is 5.98. The number of aromatic nitrogens is 1. The zero-order chi connectivity index (χ0) is 16.0. The first kappa shape index (κ1) is 14.7. The summed E-state index contributed by atoms with van der Waals surface area (Å²) in [7, 11) is 2.17. The summed E-state index contributed by atoms with van der Waals surface area (Å²) in [5, 5.41) is 0.752. The van der Waals surface area contributed by atoms with Gasteiger partial charge < -0.3 is 14.8 Å². The molecule has 0 bridgehead atoms. The maximum absolute atomic E-state index is 13.3. The second-order valence-corrected chi connectivity index (χ2v) is 6.81. The fourth-order valence-corrected chi connectivity index (χ4v) is 4.21. The first-order valence-corrected chi connectivity index (χ1v) is 8.43. The van der Waals surface area contributed by atoms with Crippen LogP contribution in [-0.4, -0.2) is 52.9 Å². The van der Waals surface area contributed by atoms with E-state index in [1.165, 1.54) is 25.0 Å². The Morgan fingerprint density at radius 2 is 2.04 bits per heavy atom. The minimum atomic E-state index is -0.276. The van der Waals surface area contributed by atoms with Gasteiger partial charge in [-0.2, -0.15) is 0 Å². The highest BCUT2D eigenvalue weighted by atomic mass is 19.1. The lowest BCUT2D eigenvalue weighted by molar-refractivity contribution is 0.0695. The van der Waals surface area contributed by atoms with Gasteiger partial charge in [-0.3, -0.25) is 4.79 Å². The Labute approximate surface area is 135 Å². The second-order valence-electron chi connectivity index (χ2n) is 6.81. The maximum atomic E-state index is 13.3. The van der Waals surface area contributed by atoms with Crippen LogP contribution in [0.5, 0.6) is 0 Å². The number of H-pyrrole nitrogens is 1. The molecule has 2 fully saturated rings. The molecule has 1 aromatic carbocycles. The maximum Gasteiger partial charge on any atom is 0.270 e. The molecule has 4 rings (SSSR count). The van der Waals surface area contributed by atoms with Gasteiger partial charge in [-0.1, -0.05) is 6.42 Å². The number of likely N-dealkylation sites (tertiary alicyclic amines) is 2. The van der Waals surface area contributed by atoms with Crippen molar-refractivity contribution in [1.82, 2.24) is 14.8 Å². The van der Waals surface area contributed by atoms with E-state index in [1.807, 2.05) is 4.90 Å². The number of nitrogens with zero attached hydrogens (tertiary/aromatic N) is 2. The van der Waals surface area contributed by atoms with E-state index >= 15 is 0 Å². The van der Waals surface area contributed by atoms with E-state index in [1.54, 1.807) is 12.1 Å². The molecule has 3 heterocycles. The molecule has 2 atom stereocenters. The number of halogens is 1. The third-order valence-electron chi connectivity index (χ3n) is 5.41. The lowest BCUT2D eigenvalue weighted by atomic mass is 10.0. The third-order valence-corrected chi connectivity index (χ3v) is 5.41. The first-order chi connectivity index (χ1) is 11.1. The number of amides is 1. The molecule has 0 radical (unpaired) electrons. The van der Waals surface area contributed by atoms with E-state index in [-0.39, 0.29) is 11.7 Å². The van der Waals surface area contributed by atoms with Gasteiger partial charge in [0.25, 0.3) is 5.91 Å². The van der Waals surface area contributed by atoms with Crippen LogP contribution >= 0.6 is 0 Å². The molecule has 1 amide bonds. The molecule has 122 valence electrons. The number of benzene rings is 1. The quantitative estimate of drug-likeness (QED) is 0.879. The number of carbonyl (C=O) groups is 1. The lowest BCUT2D eigenvalue weighted by Crippen LogP contribution is -2.44. The van der Waals surface area contributed by atoms with Crippen molar-refractivity contribution in [2.45, 2.75) is 37.8 Å². The minimum absolute atomic E-state index is 0.0457. The molecule has 2 aromatic rings. The summed E-state index contributed by atoms with van der Waals surface area (Å²) < 4.78 is 13.3. The van der Waals surface area contributed by atoms with Crippen molar-refractivity contribution in [2.24, 2.45) is 0 Å². The van der Waals surface area contributed by atoms with Crippen molar-refractivity contribution in [3.63, 3.8) is 0 Å². The van der Waals surface area contributed by atoms with Crippen LogP contribution in [0.4, 0.5) is 4.39 Å². The standard InChI is InChI=1S/C18H22FN3O/c1-21-8-3-2-4-17-16(21)7-9-22(17)18(23)15-11-12-10-13(19)5-6-14(12)20-15/h5-6,10-11,16-17,20H,2-4,7-9H2,1H3/t16-,17-/m1/s1. The summed E-state index contributed by atoms with van der Waals surface area (Å²) in [5.74, 6) is -0.230. The van der Waals surface area contributed by atoms with Crippen LogP contribution < -0.4 is 0 Å². The number of aromatic amines is 1. The smallest absolute Gasteiger partial charge is 0.270 e. The molecule has 2 aliphatic heterocycles. The van der Waals surface area contributed by atoms with Crippen molar-refractivity contribution < 1.29 is 9.18 Å². The highest BCUT2D eigenvalue weighted by Crippen LogP contribution is 2.30. The van der Waals surface area contributed by atoms with Crippen LogP contribution in [0.1, 0.15) is 36.2 Å². The Balaban J connectivity index is 1.62. The highest BCUT2D eigenvalue weighted by Gasteiger charge is 2.40. The Bertz CT molecular complexity index is 741. The largest absolute Gasteiger partial charge is 0.351 e. The van der Waals surface area contributed by atoms with Crippen molar-refractivity contribution in [3.8, 4) is 0 Å². The summed E-state index contributed by atoms with van der Waals surface area (Å²) >= 11 is 0. The summed E-state index contributed by atoms with van der Waals surface area (Å²) in [4.78, 5) is 20.5. The molecule has 4 nitrogen and oxygen atoms in total. The predicted octanol–water partition coefficient (Wildman–Crippen LogP) is 3.01. The van der Waals surface area contributed by atoms with Gasteiger partial charge in [-0.15, -0.1) is 0 Å². The lowest BCUT2D eigenvalue weighted by Gasteiger charge is -2.30. The number of rotatable bonds is 1. The number of fused-ring (bicyclic) bond motifs is 2. The minimum Gasteiger partial charge on any atom is -0.351 e. The van der Waals surface area contributed by atoms with E-state index in [2.05, 4.69) is 16.9 Å². The van der Waals surface area contributed by atoms with Gasteiger partial charge in [0.15, 0.2) is 0 Å². The van der Waals surface area contributed by atoms with E-state index < -0.39 is 0 Å². The van der Waals surface area contributed by atoms with Crippen LogP contribution in [0.3, 0.4) is 0 Å². The number of nitrogens with one attached hydrogen (secondary N) is 1. The second kappa shape index (κ2) is 5.64. The Morgan fingerprint density at radius 1 is 1.17 bits per heavy atom. The summed E-state index contributed by atoms with van der Waals surface area (Å²) in [6.45, 7) is 1.93. The SMILES string of the molecule is CN1CCCC[C@@H]2[C@H]1CCN2C(=O)c1cc2cc(F)ccc2[nH]1. The van der Waals surface area contributed by atoms with Gasteiger partial charge in [-0.05, 0) is 57.1 Å². The number of hydrogen-bond acceptors (Lipinski definition) is 2. The van der Waals surface area contributed by atoms with Crippen molar-refractivity contribution >= 4 is 16.8 Å². The van der Waals surface area contributed by atoms with Gasteiger partial charge in [0, 0.05) is 29.5 Å². The molecule has 5 heteroatoms. The average molecular weight is 315 g/mol. The summed E-state index contributed by atoms with van der Waals surface area (Å²) in [6, 6.07) is 7.12. The number of hydrogen-bond donors (Lipinski definition) is 1. The molecule has 0 spiro atoms. The summed E-state index contributed by atoms with van der Waals surface area (Å²) in [6.07, 6.45) is 4.50. The van der Waals surface area contributed by atoms with Gasteiger partial charge in [0.05, 0.1) is 0 Å². The normalized spacial score (nSPS) is 25.6. The van der Waals surface area contributed by atoms with Gasteiger partial charge in [0.1, 0.15) is 11.5 Å². The van der Waals surface area contributed by atoms with Crippen LogP contribution in [-0.2, 0) is 0 Å². The summed E-state index contributed by atoms with van der Waals surface area (Å²) in [5.41, 5.74) is 1.38. The molecular weight excluding hydrogens is 293 g/mol. The van der Waals surface area contributed by atoms with Gasteiger partial charge in [0.2, 0.25) is 0 Å². The predicted molar refractivity (Wildman–Crippen MR) is 88.0 cm³/mol. The van der Waals surface area contributed by atoms with Crippen LogP contribution in [0.15, 0.2) is 24.3 Å². The fourth-order valence-electron chi connectivity index (χ4n) is 4.21. The third kappa shape index (κ3) is 2.53. The molecule has 2 aliphatic rings. The fraction of sp³-hybridized carbons (Fsp3) is 0.500. The van der Waals surface area contributed by atoms with Crippen LogP contribution in [0.2, 0.25) is 0 Å². The number of carbonyl (C=O) groups excluding carboxylic acids is 1. The van der Waals surface area contributed by atoms with E-state index in [9.17, 15) is 9.18 Å². The van der Waals surface area contributed by atoms with E-state index in [0.29, 0.717) is 17.8 Å². The molecule has 0 unspecified atom stereocenters. The molecule has 1 N–H and O–H groups in total.